The average molecular weight is 264 g/mol. The highest BCUT2D eigenvalue weighted by molar-refractivity contribution is 5.94. The molecule has 19 heavy (non-hydrogen) atoms. The molecule has 0 bridgehead atoms. The zero-order valence-electron chi connectivity index (χ0n) is 11.4. The summed E-state index contributed by atoms with van der Waals surface area (Å²) in [6, 6.07) is 8.05. The molecule has 1 atom stereocenters. The number of benzene rings is 1. The highest BCUT2D eigenvalue weighted by Crippen LogP contribution is 2.31. The van der Waals surface area contributed by atoms with Gasteiger partial charge in [-0.25, -0.2) is 4.79 Å². The molecule has 1 aromatic rings. The van der Waals surface area contributed by atoms with E-state index in [4.69, 9.17) is 9.47 Å². The van der Waals surface area contributed by atoms with Crippen LogP contribution in [-0.4, -0.2) is 39.1 Å². The molecule has 2 amide bonds. The van der Waals surface area contributed by atoms with E-state index in [1.54, 1.807) is 12.0 Å². The van der Waals surface area contributed by atoms with Crippen molar-refractivity contribution in [3.63, 3.8) is 0 Å². The summed E-state index contributed by atoms with van der Waals surface area (Å²) in [7, 11) is 1.62. The van der Waals surface area contributed by atoms with Gasteiger partial charge in [-0.05, 0) is 25.0 Å². The average Bonchev–Trinajstić information content (AvgIpc) is 2.74. The van der Waals surface area contributed by atoms with Crippen molar-refractivity contribution in [2.45, 2.75) is 19.4 Å². The molecule has 0 saturated heterocycles. The monoisotopic (exact) mass is 264 g/mol. The van der Waals surface area contributed by atoms with E-state index in [2.05, 4.69) is 11.4 Å². The maximum Gasteiger partial charge on any atom is 0.323 e. The fourth-order valence-corrected chi connectivity index (χ4v) is 2.29. The van der Waals surface area contributed by atoms with E-state index in [9.17, 15) is 4.79 Å². The minimum absolute atomic E-state index is 0.116. The first-order chi connectivity index (χ1) is 9.24. The van der Waals surface area contributed by atoms with Crippen molar-refractivity contribution >= 4 is 11.7 Å². The lowest BCUT2D eigenvalue weighted by Gasteiger charge is -2.23. The molecule has 0 saturated carbocycles. The zero-order chi connectivity index (χ0) is 13.7. The number of fused-ring (bicyclic) bond motifs is 1. The van der Waals surface area contributed by atoms with Crippen molar-refractivity contribution in [2.24, 2.45) is 0 Å². The van der Waals surface area contributed by atoms with Crippen LogP contribution in [0.2, 0.25) is 0 Å². The Morgan fingerprint density at radius 3 is 3.00 bits per heavy atom. The number of rotatable bonds is 5. The molecule has 104 valence electrons. The van der Waals surface area contributed by atoms with Crippen molar-refractivity contribution in [3.05, 3.63) is 29.8 Å². The smallest absolute Gasteiger partial charge is 0.323 e. The molecular formula is C14H20N2O3. The Balaban J connectivity index is 1.89. The van der Waals surface area contributed by atoms with Gasteiger partial charge in [-0.3, -0.25) is 4.90 Å². The number of amides is 2. The van der Waals surface area contributed by atoms with Crippen molar-refractivity contribution in [2.75, 3.05) is 32.0 Å². The first kappa shape index (κ1) is 13.8. The number of carbonyl (C=O) groups is 1. The summed E-state index contributed by atoms with van der Waals surface area (Å²) in [5.41, 5.74) is 2.20. The number of nitrogens with zero attached hydrogens (tertiary/aromatic N) is 1. The van der Waals surface area contributed by atoms with E-state index in [1.165, 1.54) is 5.56 Å². The van der Waals surface area contributed by atoms with Gasteiger partial charge in [0, 0.05) is 18.8 Å². The molecule has 2 rings (SSSR count). The summed E-state index contributed by atoms with van der Waals surface area (Å²) in [5, 5.41) is 2.76. The summed E-state index contributed by atoms with van der Waals surface area (Å²) in [4.78, 5) is 13.9. The zero-order valence-corrected chi connectivity index (χ0v) is 11.4. The van der Waals surface area contributed by atoms with Crippen molar-refractivity contribution in [1.29, 1.82) is 0 Å². The van der Waals surface area contributed by atoms with Crippen LogP contribution >= 0.6 is 0 Å². The first-order valence-electron chi connectivity index (χ1n) is 6.45. The lowest BCUT2D eigenvalue weighted by molar-refractivity contribution is 0.0646. The number of para-hydroxylation sites is 1. The summed E-state index contributed by atoms with van der Waals surface area (Å²) >= 11 is 0. The number of hydrogen-bond acceptors (Lipinski definition) is 3. The Morgan fingerprint density at radius 2 is 2.21 bits per heavy atom. The third kappa shape index (κ3) is 3.24. The first-order valence-corrected chi connectivity index (χ1v) is 6.45. The lowest BCUT2D eigenvalue weighted by atomic mass is 10.1. The number of nitrogens with one attached hydrogen (secondary N) is 1. The van der Waals surface area contributed by atoms with Crippen LogP contribution in [0.5, 0.6) is 0 Å². The SMILES string of the molecule is COCCOCNC(=O)N1c2ccccc2CC1C. The van der Waals surface area contributed by atoms with Gasteiger partial charge in [0.2, 0.25) is 0 Å². The van der Waals surface area contributed by atoms with Crippen LogP contribution in [0.15, 0.2) is 24.3 Å². The molecule has 1 aliphatic rings. The largest absolute Gasteiger partial charge is 0.382 e. The quantitative estimate of drug-likeness (QED) is 0.651. The molecule has 0 fully saturated rings. The second kappa shape index (κ2) is 6.54. The van der Waals surface area contributed by atoms with Gasteiger partial charge >= 0.3 is 6.03 Å². The van der Waals surface area contributed by atoms with E-state index in [-0.39, 0.29) is 18.8 Å². The number of methoxy groups -OCH3 is 1. The molecule has 1 aliphatic heterocycles. The van der Waals surface area contributed by atoms with E-state index in [0.29, 0.717) is 13.2 Å². The van der Waals surface area contributed by atoms with Gasteiger partial charge in [-0.1, -0.05) is 18.2 Å². The predicted molar refractivity (Wildman–Crippen MR) is 73.3 cm³/mol. The second-order valence-electron chi connectivity index (χ2n) is 4.58. The van der Waals surface area contributed by atoms with Gasteiger partial charge in [0.05, 0.1) is 13.2 Å². The van der Waals surface area contributed by atoms with Crippen LogP contribution in [0.25, 0.3) is 0 Å². The van der Waals surface area contributed by atoms with Crippen LogP contribution in [-0.2, 0) is 15.9 Å². The van der Waals surface area contributed by atoms with Gasteiger partial charge in [0.25, 0.3) is 0 Å². The van der Waals surface area contributed by atoms with Gasteiger partial charge in [0.15, 0.2) is 0 Å². The van der Waals surface area contributed by atoms with Gasteiger partial charge < -0.3 is 14.8 Å². The highest BCUT2D eigenvalue weighted by atomic mass is 16.5. The molecule has 0 aromatic heterocycles. The van der Waals surface area contributed by atoms with Gasteiger partial charge in [-0.15, -0.1) is 0 Å². The Morgan fingerprint density at radius 1 is 1.42 bits per heavy atom. The van der Waals surface area contributed by atoms with Crippen LogP contribution in [0.4, 0.5) is 10.5 Å². The Bertz CT molecular complexity index is 436. The second-order valence-corrected chi connectivity index (χ2v) is 4.58. The molecular weight excluding hydrogens is 244 g/mol. The molecule has 0 spiro atoms. The molecule has 1 heterocycles. The van der Waals surface area contributed by atoms with Crippen LogP contribution in [0, 0.1) is 0 Å². The summed E-state index contributed by atoms with van der Waals surface area (Å²) in [5.74, 6) is 0. The van der Waals surface area contributed by atoms with Gasteiger partial charge in [0.1, 0.15) is 6.73 Å². The summed E-state index contributed by atoms with van der Waals surface area (Å²) < 4.78 is 10.1. The maximum absolute atomic E-state index is 12.2. The fraction of sp³-hybridized carbons (Fsp3) is 0.500. The molecule has 0 radical (unpaired) electrons. The standard InChI is InChI=1S/C14H20N2O3/c1-11-9-12-5-3-4-6-13(12)16(11)14(17)15-10-19-8-7-18-2/h3-6,11H,7-10H2,1-2H3,(H,15,17). The molecule has 1 unspecified atom stereocenters. The van der Waals surface area contributed by atoms with Crippen molar-refractivity contribution in [3.8, 4) is 0 Å². The van der Waals surface area contributed by atoms with Gasteiger partial charge in [-0.2, -0.15) is 0 Å². The van der Waals surface area contributed by atoms with Crippen molar-refractivity contribution < 1.29 is 14.3 Å². The maximum atomic E-state index is 12.2. The van der Waals surface area contributed by atoms with E-state index in [1.807, 2.05) is 25.1 Å². The molecule has 5 heteroatoms. The van der Waals surface area contributed by atoms with E-state index >= 15 is 0 Å². The van der Waals surface area contributed by atoms with Crippen LogP contribution in [0.3, 0.4) is 0 Å². The number of carbonyl (C=O) groups excluding carboxylic acids is 1. The molecule has 0 aliphatic carbocycles. The topological polar surface area (TPSA) is 50.8 Å². The lowest BCUT2D eigenvalue weighted by Crippen LogP contribution is -2.44. The third-order valence-electron chi connectivity index (χ3n) is 3.18. The van der Waals surface area contributed by atoms with E-state index in [0.717, 1.165) is 12.1 Å². The number of hydrogen-bond donors (Lipinski definition) is 1. The number of anilines is 1. The van der Waals surface area contributed by atoms with Crippen LogP contribution < -0.4 is 10.2 Å². The van der Waals surface area contributed by atoms with Crippen molar-refractivity contribution in [1.82, 2.24) is 5.32 Å². The fourth-order valence-electron chi connectivity index (χ4n) is 2.29. The normalized spacial score (nSPS) is 17.4. The molecule has 5 nitrogen and oxygen atoms in total. The predicted octanol–water partition coefficient (Wildman–Crippen LogP) is 1.77. The molecule has 1 N–H and O–H groups in total. The molecule has 1 aromatic carbocycles. The van der Waals surface area contributed by atoms with E-state index < -0.39 is 0 Å². The summed E-state index contributed by atoms with van der Waals surface area (Å²) in [6.45, 7) is 3.25. The third-order valence-corrected chi connectivity index (χ3v) is 3.18. The Labute approximate surface area is 113 Å². The Kier molecular flexibility index (Phi) is 4.76. The van der Waals surface area contributed by atoms with Crippen LogP contribution in [0.1, 0.15) is 12.5 Å². The Hall–Kier alpha value is -1.59. The minimum Gasteiger partial charge on any atom is -0.382 e. The summed E-state index contributed by atoms with van der Waals surface area (Å²) in [6.07, 6.45) is 0.897. The minimum atomic E-state index is -0.116. The highest BCUT2D eigenvalue weighted by Gasteiger charge is 2.30. The number of ether oxygens (including phenoxy) is 2. The number of urea groups is 1.